The summed E-state index contributed by atoms with van der Waals surface area (Å²) in [6.07, 6.45) is 47.4. The summed E-state index contributed by atoms with van der Waals surface area (Å²) in [5.41, 5.74) is 0. The lowest BCUT2D eigenvalue weighted by Gasteiger charge is -2.06. The molecule has 0 N–H and O–H groups in total. The van der Waals surface area contributed by atoms with Gasteiger partial charge in [-0.05, 0) is 77.0 Å². The SMILES string of the molecule is CCCCCCCC/C=C\CCCCCCCCOC(=O)CCCCC(=O)OCCCCCCCC/C=C\CCCCCCCC. The number of carbonyl (C=O) groups is 2. The topological polar surface area (TPSA) is 52.6 Å². The van der Waals surface area contributed by atoms with Gasteiger partial charge in [0.25, 0.3) is 0 Å². The Morgan fingerprint density at radius 1 is 0.348 bits per heavy atom. The predicted molar refractivity (Wildman–Crippen MR) is 199 cm³/mol. The molecule has 46 heavy (non-hydrogen) atoms. The Morgan fingerprint density at radius 3 is 0.913 bits per heavy atom. The maximum absolute atomic E-state index is 11.9. The van der Waals surface area contributed by atoms with Crippen LogP contribution in [0, 0.1) is 0 Å². The molecule has 0 saturated carbocycles. The van der Waals surface area contributed by atoms with Crippen molar-refractivity contribution in [3.05, 3.63) is 24.3 Å². The summed E-state index contributed by atoms with van der Waals surface area (Å²) < 4.78 is 10.7. The number of ether oxygens (including phenoxy) is 2. The molecule has 0 aromatic carbocycles. The van der Waals surface area contributed by atoms with Gasteiger partial charge in [0, 0.05) is 12.8 Å². The molecule has 0 aliphatic heterocycles. The number of carbonyl (C=O) groups excluding carboxylic acids is 2. The van der Waals surface area contributed by atoms with Crippen molar-refractivity contribution in [2.75, 3.05) is 13.2 Å². The zero-order valence-electron chi connectivity index (χ0n) is 31.0. The van der Waals surface area contributed by atoms with Crippen LogP contribution in [0.5, 0.6) is 0 Å². The van der Waals surface area contributed by atoms with Crippen molar-refractivity contribution in [1.82, 2.24) is 0 Å². The lowest BCUT2D eigenvalue weighted by molar-refractivity contribution is -0.146. The second kappa shape index (κ2) is 39.6. The van der Waals surface area contributed by atoms with Crippen molar-refractivity contribution in [3.8, 4) is 0 Å². The van der Waals surface area contributed by atoms with E-state index in [0.717, 1.165) is 25.7 Å². The fraction of sp³-hybridized carbons (Fsp3) is 0.857. The van der Waals surface area contributed by atoms with Gasteiger partial charge in [-0.15, -0.1) is 0 Å². The first-order chi connectivity index (χ1) is 22.7. The van der Waals surface area contributed by atoms with Gasteiger partial charge >= 0.3 is 11.9 Å². The van der Waals surface area contributed by atoms with Crippen LogP contribution in [0.2, 0.25) is 0 Å². The summed E-state index contributed by atoms with van der Waals surface area (Å²) in [6, 6.07) is 0. The maximum atomic E-state index is 11.9. The van der Waals surface area contributed by atoms with E-state index < -0.39 is 0 Å². The van der Waals surface area contributed by atoms with Gasteiger partial charge in [-0.25, -0.2) is 0 Å². The highest BCUT2D eigenvalue weighted by Gasteiger charge is 2.06. The third-order valence-electron chi connectivity index (χ3n) is 8.85. The molecule has 4 heteroatoms. The van der Waals surface area contributed by atoms with Gasteiger partial charge < -0.3 is 9.47 Å². The van der Waals surface area contributed by atoms with Crippen LogP contribution < -0.4 is 0 Å². The Hall–Kier alpha value is -1.58. The summed E-state index contributed by atoms with van der Waals surface area (Å²) in [5.74, 6) is -0.268. The molecule has 0 heterocycles. The third-order valence-corrected chi connectivity index (χ3v) is 8.85. The molecular weight excluding hydrogens is 568 g/mol. The Bertz CT molecular complexity index is 625. The highest BCUT2D eigenvalue weighted by molar-refractivity contribution is 5.70. The van der Waals surface area contributed by atoms with E-state index in [1.54, 1.807) is 0 Å². The zero-order valence-corrected chi connectivity index (χ0v) is 31.0. The average molecular weight is 647 g/mol. The minimum absolute atomic E-state index is 0.134. The molecule has 0 bridgehead atoms. The number of esters is 2. The molecule has 0 aromatic heterocycles. The Labute approximate surface area is 287 Å². The van der Waals surface area contributed by atoms with Gasteiger partial charge in [0.15, 0.2) is 0 Å². The molecule has 0 fully saturated rings. The van der Waals surface area contributed by atoms with E-state index in [-0.39, 0.29) is 11.9 Å². The highest BCUT2D eigenvalue weighted by Crippen LogP contribution is 2.12. The summed E-state index contributed by atoms with van der Waals surface area (Å²) in [7, 11) is 0. The van der Waals surface area contributed by atoms with Crippen molar-refractivity contribution in [2.24, 2.45) is 0 Å². The molecule has 0 saturated heterocycles. The average Bonchev–Trinajstić information content (AvgIpc) is 3.06. The fourth-order valence-corrected chi connectivity index (χ4v) is 5.75. The number of hydrogen-bond donors (Lipinski definition) is 0. The van der Waals surface area contributed by atoms with E-state index in [1.165, 1.54) is 154 Å². The Morgan fingerprint density at radius 2 is 0.609 bits per heavy atom. The first-order valence-corrected chi connectivity index (χ1v) is 20.3. The van der Waals surface area contributed by atoms with Crippen LogP contribution in [0.3, 0.4) is 0 Å². The molecule has 270 valence electrons. The molecule has 0 rings (SSSR count). The maximum Gasteiger partial charge on any atom is 0.305 e. The number of allylic oxidation sites excluding steroid dienone is 4. The molecular formula is C42H78O4. The van der Waals surface area contributed by atoms with Gasteiger partial charge in [0.1, 0.15) is 0 Å². The lowest BCUT2D eigenvalue weighted by Crippen LogP contribution is -2.08. The second-order valence-electron chi connectivity index (χ2n) is 13.5. The molecule has 4 nitrogen and oxygen atoms in total. The third kappa shape index (κ3) is 38.6. The van der Waals surface area contributed by atoms with E-state index in [0.29, 0.717) is 38.9 Å². The summed E-state index contributed by atoms with van der Waals surface area (Å²) >= 11 is 0. The molecule has 0 atom stereocenters. The second-order valence-corrected chi connectivity index (χ2v) is 13.5. The molecule has 0 aliphatic carbocycles. The fourth-order valence-electron chi connectivity index (χ4n) is 5.75. The van der Waals surface area contributed by atoms with Gasteiger partial charge in [-0.3, -0.25) is 9.59 Å². The minimum Gasteiger partial charge on any atom is -0.466 e. The van der Waals surface area contributed by atoms with Gasteiger partial charge in [0.05, 0.1) is 13.2 Å². The quantitative estimate of drug-likeness (QED) is 0.0383. The number of rotatable bonds is 37. The van der Waals surface area contributed by atoms with Crippen LogP contribution in [0.15, 0.2) is 24.3 Å². The first-order valence-electron chi connectivity index (χ1n) is 20.3. The first kappa shape index (κ1) is 44.4. The van der Waals surface area contributed by atoms with Crippen LogP contribution >= 0.6 is 0 Å². The van der Waals surface area contributed by atoms with Crippen molar-refractivity contribution in [1.29, 1.82) is 0 Å². The molecule has 0 aliphatic rings. The predicted octanol–water partition coefficient (Wildman–Crippen LogP) is 13.7. The number of hydrogen-bond acceptors (Lipinski definition) is 4. The van der Waals surface area contributed by atoms with Crippen molar-refractivity contribution < 1.29 is 19.1 Å². The summed E-state index contributed by atoms with van der Waals surface area (Å²) in [4.78, 5) is 23.9. The molecule has 0 amide bonds. The monoisotopic (exact) mass is 647 g/mol. The van der Waals surface area contributed by atoms with Crippen LogP contribution in [0.25, 0.3) is 0 Å². The lowest BCUT2D eigenvalue weighted by atomic mass is 10.1. The molecule has 0 spiro atoms. The molecule has 0 unspecified atom stereocenters. The van der Waals surface area contributed by atoms with E-state index in [2.05, 4.69) is 38.2 Å². The Balaban J connectivity index is 3.32. The van der Waals surface area contributed by atoms with Crippen molar-refractivity contribution in [2.45, 2.75) is 219 Å². The van der Waals surface area contributed by atoms with E-state index in [1.807, 2.05) is 0 Å². The van der Waals surface area contributed by atoms with Gasteiger partial charge in [-0.2, -0.15) is 0 Å². The molecule has 0 radical (unpaired) electrons. The normalized spacial score (nSPS) is 11.6. The van der Waals surface area contributed by atoms with E-state index in [4.69, 9.17) is 9.47 Å². The molecule has 0 aromatic rings. The van der Waals surface area contributed by atoms with Crippen LogP contribution in [0.1, 0.15) is 219 Å². The highest BCUT2D eigenvalue weighted by atomic mass is 16.5. The minimum atomic E-state index is -0.134. The zero-order chi connectivity index (χ0) is 33.4. The van der Waals surface area contributed by atoms with E-state index in [9.17, 15) is 9.59 Å². The van der Waals surface area contributed by atoms with Crippen LogP contribution in [-0.4, -0.2) is 25.2 Å². The van der Waals surface area contributed by atoms with E-state index >= 15 is 0 Å². The standard InChI is InChI=1S/C42H78O4/c1-3-5-7-9-11-13-15-17-19-21-23-25-27-29-31-35-39-45-41(43)37-33-34-38-42(44)46-40-36-32-30-28-26-24-22-20-18-16-14-12-10-8-6-4-2/h17-20H,3-16,21-40H2,1-2H3/b19-17-,20-18-. The van der Waals surface area contributed by atoms with Crippen LogP contribution in [0.4, 0.5) is 0 Å². The summed E-state index contributed by atoms with van der Waals surface area (Å²) in [5, 5.41) is 0. The largest absolute Gasteiger partial charge is 0.466 e. The van der Waals surface area contributed by atoms with Crippen molar-refractivity contribution >= 4 is 11.9 Å². The van der Waals surface area contributed by atoms with Crippen molar-refractivity contribution in [3.63, 3.8) is 0 Å². The van der Waals surface area contributed by atoms with Gasteiger partial charge in [-0.1, -0.05) is 154 Å². The number of unbranched alkanes of at least 4 members (excludes halogenated alkanes) is 25. The Kier molecular flexibility index (Phi) is 38.2. The van der Waals surface area contributed by atoms with Gasteiger partial charge in [0.2, 0.25) is 0 Å². The summed E-state index contributed by atoms with van der Waals surface area (Å²) in [6.45, 7) is 5.59. The smallest absolute Gasteiger partial charge is 0.305 e. The van der Waals surface area contributed by atoms with Crippen LogP contribution in [-0.2, 0) is 19.1 Å².